The molecule has 30 heavy (non-hydrogen) atoms. The van der Waals surface area contributed by atoms with Gasteiger partial charge in [-0.1, -0.05) is 39.0 Å². The number of ether oxygens (including phenoxy) is 1. The predicted octanol–water partition coefficient (Wildman–Crippen LogP) is 1.13. The van der Waals surface area contributed by atoms with E-state index in [1.165, 1.54) is 0 Å². The number of aromatic hydroxyl groups is 1. The smallest absolute Gasteiger partial charge is 0.333 e. The monoisotopic (exact) mass is 417 g/mol. The minimum atomic E-state index is -0.891. The van der Waals surface area contributed by atoms with Crippen LogP contribution in [0.15, 0.2) is 39.2 Å². The predicted molar refractivity (Wildman–Crippen MR) is 112 cm³/mol. The summed E-state index contributed by atoms with van der Waals surface area (Å²) in [5.74, 6) is -0.246. The van der Waals surface area contributed by atoms with Crippen LogP contribution in [0.1, 0.15) is 43.9 Å². The zero-order chi connectivity index (χ0) is 22.5. The second-order valence-electron chi connectivity index (χ2n) is 7.96. The number of rotatable bonds is 8. The van der Waals surface area contributed by atoms with Crippen molar-refractivity contribution in [3.63, 3.8) is 0 Å². The fourth-order valence-electron chi connectivity index (χ4n) is 3.01. The first-order valence-electron chi connectivity index (χ1n) is 9.58. The van der Waals surface area contributed by atoms with Crippen molar-refractivity contribution in [2.45, 2.75) is 52.0 Å². The third-order valence-electron chi connectivity index (χ3n) is 4.55. The number of hydrogen-bond donors (Lipinski definition) is 3. The van der Waals surface area contributed by atoms with E-state index in [-0.39, 0.29) is 30.7 Å². The first-order chi connectivity index (χ1) is 14.0. The van der Waals surface area contributed by atoms with Crippen LogP contribution in [0.2, 0.25) is 0 Å². The van der Waals surface area contributed by atoms with E-state index in [4.69, 9.17) is 4.74 Å². The number of hydrogen-bond acceptors (Lipinski definition) is 6. The van der Waals surface area contributed by atoms with Crippen LogP contribution < -0.4 is 17.1 Å². The summed E-state index contributed by atoms with van der Waals surface area (Å²) in [6.07, 6.45) is 2.72. The molecule has 0 aliphatic carbocycles. The molecule has 162 valence electrons. The molecule has 9 heteroatoms. The Balaban J connectivity index is 2.01. The van der Waals surface area contributed by atoms with E-state index < -0.39 is 23.0 Å². The van der Waals surface area contributed by atoms with E-state index in [9.17, 15) is 24.3 Å². The average Bonchev–Trinajstić information content (AvgIpc) is 2.63. The lowest BCUT2D eigenvalue weighted by molar-refractivity contribution is -0.143. The van der Waals surface area contributed by atoms with E-state index in [1.54, 1.807) is 6.08 Å². The Hall–Kier alpha value is -3.36. The topological polar surface area (TPSA) is 134 Å². The van der Waals surface area contributed by atoms with Crippen LogP contribution >= 0.6 is 0 Å². The van der Waals surface area contributed by atoms with E-state index >= 15 is 0 Å². The third-order valence-corrected chi connectivity index (χ3v) is 4.55. The number of aromatic nitrogens is 3. The Morgan fingerprint density at radius 1 is 1.20 bits per heavy atom. The average molecular weight is 417 g/mol. The lowest BCUT2D eigenvalue weighted by Gasteiger charge is -2.23. The Morgan fingerprint density at radius 2 is 1.83 bits per heavy atom. The number of allylic oxidation sites excluding steroid dienone is 1. The number of H-pyrrole nitrogens is 2. The highest BCUT2D eigenvalue weighted by Crippen LogP contribution is 2.35. The molecule has 0 aliphatic rings. The largest absolute Gasteiger partial charge is 0.507 e. The van der Waals surface area contributed by atoms with Gasteiger partial charge in [0.1, 0.15) is 12.4 Å². The van der Waals surface area contributed by atoms with Gasteiger partial charge in [-0.3, -0.25) is 14.8 Å². The fourth-order valence-corrected chi connectivity index (χ4v) is 3.01. The first-order valence-corrected chi connectivity index (χ1v) is 9.58. The van der Waals surface area contributed by atoms with Gasteiger partial charge < -0.3 is 9.84 Å². The maximum atomic E-state index is 12.1. The molecule has 0 bridgehead atoms. The van der Waals surface area contributed by atoms with Crippen molar-refractivity contribution >= 4 is 5.97 Å². The van der Waals surface area contributed by atoms with Crippen LogP contribution in [0, 0.1) is 0 Å². The standard InChI is InChI=1S/C21H27N3O6/c1-5-6-14-11-13(12-15(17(14)26)21(2,3)4)7-8-16(25)30-10-9-24-19(28)22-18(27)23-20(24)29/h5,11-12,26H,1,6-10H2,2-4H3,(H2,22,23,27,28,29). The number of aromatic amines is 2. The van der Waals surface area contributed by atoms with Crippen LogP contribution in [0.3, 0.4) is 0 Å². The number of carbonyl (C=O) groups is 1. The van der Waals surface area contributed by atoms with Crippen molar-refractivity contribution in [2.24, 2.45) is 0 Å². The SMILES string of the molecule is C=CCc1cc(CCC(=O)OCCn2c(=O)[nH]c(=O)[nH]c2=O)cc(C(C)(C)C)c1O. The molecule has 0 saturated carbocycles. The Bertz CT molecular complexity index is 1070. The van der Waals surface area contributed by atoms with E-state index in [1.807, 2.05) is 42.9 Å². The molecule has 0 saturated heterocycles. The maximum Gasteiger partial charge on any atom is 0.333 e. The molecule has 3 N–H and O–H groups in total. The molecule has 1 aromatic carbocycles. The van der Waals surface area contributed by atoms with Crippen molar-refractivity contribution in [3.8, 4) is 5.75 Å². The summed E-state index contributed by atoms with van der Waals surface area (Å²) in [5, 5.41) is 10.5. The minimum absolute atomic E-state index is 0.0960. The molecule has 1 heterocycles. The highest BCUT2D eigenvalue weighted by Gasteiger charge is 2.21. The quantitative estimate of drug-likeness (QED) is 0.435. The second kappa shape index (κ2) is 9.43. The van der Waals surface area contributed by atoms with Crippen molar-refractivity contribution in [1.29, 1.82) is 0 Å². The van der Waals surface area contributed by atoms with Gasteiger partial charge in [-0.25, -0.2) is 19.0 Å². The third kappa shape index (κ3) is 5.82. The molecule has 0 aliphatic heterocycles. The Labute approximate surface area is 173 Å². The number of carbonyl (C=O) groups excluding carboxylic acids is 1. The molecule has 0 spiro atoms. The molecule has 0 amide bonds. The number of nitrogens with one attached hydrogen (secondary N) is 2. The van der Waals surface area contributed by atoms with Crippen LogP contribution in [-0.4, -0.2) is 32.2 Å². The summed E-state index contributed by atoms with van der Waals surface area (Å²) in [4.78, 5) is 50.1. The summed E-state index contributed by atoms with van der Waals surface area (Å²) in [6.45, 7) is 9.35. The van der Waals surface area contributed by atoms with Gasteiger partial charge in [0.05, 0.1) is 6.54 Å². The lowest BCUT2D eigenvalue weighted by atomic mass is 9.83. The van der Waals surface area contributed by atoms with Gasteiger partial charge in [-0.15, -0.1) is 6.58 Å². The fraction of sp³-hybridized carbons (Fsp3) is 0.429. The van der Waals surface area contributed by atoms with Crippen LogP contribution in [0.4, 0.5) is 0 Å². The summed E-state index contributed by atoms with van der Waals surface area (Å²) < 4.78 is 5.84. The second-order valence-corrected chi connectivity index (χ2v) is 7.96. The molecule has 2 aromatic rings. The number of phenolic OH excluding ortho intramolecular Hbond substituents is 1. The van der Waals surface area contributed by atoms with E-state index in [0.717, 1.165) is 21.3 Å². The molecular formula is C21H27N3O6. The highest BCUT2D eigenvalue weighted by molar-refractivity contribution is 5.69. The zero-order valence-electron chi connectivity index (χ0n) is 17.4. The number of aryl methyl sites for hydroxylation is 1. The molecule has 9 nitrogen and oxygen atoms in total. The van der Waals surface area contributed by atoms with Gasteiger partial charge >= 0.3 is 23.0 Å². The van der Waals surface area contributed by atoms with Gasteiger partial charge in [-0.2, -0.15) is 0 Å². The van der Waals surface area contributed by atoms with Gasteiger partial charge in [0.15, 0.2) is 0 Å². The van der Waals surface area contributed by atoms with Gasteiger partial charge in [0, 0.05) is 6.42 Å². The van der Waals surface area contributed by atoms with Gasteiger partial charge in [0.25, 0.3) is 0 Å². The van der Waals surface area contributed by atoms with Crippen LogP contribution in [0.25, 0.3) is 0 Å². The summed E-state index contributed by atoms with van der Waals surface area (Å²) in [6, 6.07) is 3.73. The van der Waals surface area contributed by atoms with Crippen LogP contribution in [0.5, 0.6) is 5.75 Å². The van der Waals surface area contributed by atoms with Crippen molar-refractivity contribution in [2.75, 3.05) is 6.61 Å². The van der Waals surface area contributed by atoms with Gasteiger partial charge in [-0.05, 0) is 34.9 Å². The molecule has 0 fully saturated rings. The molecule has 0 radical (unpaired) electrons. The van der Waals surface area contributed by atoms with Crippen molar-refractivity contribution in [1.82, 2.24) is 14.5 Å². The summed E-state index contributed by atoms with van der Waals surface area (Å²) >= 11 is 0. The molecule has 1 aromatic heterocycles. The minimum Gasteiger partial charge on any atom is -0.507 e. The van der Waals surface area contributed by atoms with Crippen LogP contribution in [-0.2, 0) is 34.3 Å². The maximum absolute atomic E-state index is 12.1. The number of benzene rings is 1. The number of esters is 1. The Kier molecular flexibility index (Phi) is 7.20. The molecule has 0 atom stereocenters. The van der Waals surface area contributed by atoms with Crippen molar-refractivity contribution in [3.05, 3.63) is 72.9 Å². The van der Waals surface area contributed by atoms with E-state index in [0.29, 0.717) is 12.8 Å². The molecular weight excluding hydrogens is 390 g/mol. The van der Waals surface area contributed by atoms with E-state index in [2.05, 4.69) is 6.58 Å². The van der Waals surface area contributed by atoms with Gasteiger partial charge in [0.2, 0.25) is 0 Å². The number of phenols is 1. The zero-order valence-corrected chi connectivity index (χ0v) is 17.4. The van der Waals surface area contributed by atoms with Crippen molar-refractivity contribution < 1.29 is 14.6 Å². The first kappa shape index (κ1) is 22.9. The highest BCUT2D eigenvalue weighted by atomic mass is 16.5. The summed E-state index contributed by atoms with van der Waals surface area (Å²) in [5.41, 5.74) is -0.466. The Morgan fingerprint density at radius 3 is 2.40 bits per heavy atom. The lowest BCUT2D eigenvalue weighted by Crippen LogP contribution is -2.44. The summed E-state index contributed by atoms with van der Waals surface area (Å²) in [7, 11) is 0. The molecule has 0 unspecified atom stereocenters. The number of nitrogens with zero attached hydrogens (tertiary/aromatic N) is 1. The normalized spacial score (nSPS) is 11.3. The molecule has 2 rings (SSSR count).